The number of rotatable bonds is 12. The zero-order valence-corrected chi connectivity index (χ0v) is 31.3. The Kier molecular flexibility index (Phi) is 10.5. The molecule has 2 aliphatic rings. The van der Waals surface area contributed by atoms with Gasteiger partial charge in [-0.15, -0.1) is 0 Å². The van der Waals surface area contributed by atoms with Crippen molar-refractivity contribution in [3.8, 4) is 17.2 Å². The minimum Gasteiger partial charge on any atom is -0.494 e. The van der Waals surface area contributed by atoms with Crippen LogP contribution in [0.5, 0.6) is 11.5 Å². The lowest BCUT2D eigenvalue weighted by Gasteiger charge is -2.38. The standard InChI is InChI=1S/C38H43Cl2N7O5/c1-5-26(2)47-27(3)22-45(37(47)48)30-9-7-29(8-10-30)43-16-18-44(19-17-43)35-13-11-31(21-36(35)49-4)50-23-32-24-51-38(52-32,25-46-41-14-15-42-46)33-12-6-28(39)20-34(33)40/h6-15,20-22,26,32H,5,16-19,23-25H2,1-4H3. The number of nitrogens with zero attached hydrogens (tertiary/aromatic N) is 7. The zero-order valence-electron chi connectivity index (χ0n) is 29.7. The number of methoxy groups -OCH3 is 1. The summed E-state index contributed by atoms with van der Waals surface area (Å²) < 4.78 is 28.4. The molecule has 3 aromatic carbocycles. The molecule has 7 rings (SSSR count). The molecule has 52 heavy (non-hydrogen) atoms. The molecule has 3 atom stereocenters. The average Bonchev–Trinajstić information content (AvgIpc) is 3.90. The molecule has 5 aromatic rings. The summed E-state index contributed by atoms with van der Waals surface area (Å²) in [7, 11) is 1.67. The topological polar surface area (TPSA) is 101 Å². The van der Waals surface area contributed by atoms with E-state index in [1.54, 1.807) is 42.3 Å². The molecule has 2 saturated heterocycles. The summed E-state index contributed by atoms with van der Waals surface area (Å²) in [5.74, 6) is 0.183. The van der Waals surface area contributed by atoms with Crippen molar-refractivity contribution in [2.45, 2.75) is 51.7 Å². The van der Waals surface area contributed by atoms with Crippen LogP contribution >= 0.6 is 23.2 Å². The van der Waals surface area contributed by atoms with Crippen molar-refractivity contribution in [1.29, 1.82) is 0 Å². The molecule has 0 spiro atoms. The molecule has 3 unspecified atom stereocenters. The smallest absolute Gasteiger partial charge is 0.333 e. The first kappa shape index (κ1) is 35.9. The van der Waals surface area contributed by atoms with Gasteiger partial charge in [-0.3, -0.25) is 9.13 Å². The van der Waals surface area contributed by atoms with Gasteiger partial charge in [0.25, 0.3) is 0 Å². The van der Waals surface area contributed by atoms with Gasteiger partial charge < -0.3 is 28.7 Å². The molecule has 2 aliphatic heterocycles. The normalized spacial score (nSPS) is 19.6. The van der Waals surface area contributed by atoms with Crippen LogP contribution in [0.2, 0.25) is 10.0 Å². The molecule has 2 fully saturated rings. The van der Waals surface area contributed by atoms with Gasteiger partial charge in [-0.25, -0.2) is 4.79 Å². The lowest BCUT2D eigenvalue weighted by molar-refractivity contribution is -0.192. The Balaban J connectivity index is 0.969. The van der Waals surface area contributed by atoms with Crippen molar-refractivity contribution < 1.29 is 18.9 Å². The van der Waals surface area contributed by atoms with E-state index in [-0.39, 0.29) is 37.6 Å². The van der Waals surface area contributed by atoms with Crippen LogP contribution < -0.4 is 25.0 Å². The van der Waals surface area contributed by atoms with Crippen LogP contribution in [0.3, 0.4) is 0 Å². The van der Waals surface area contributed by atoms with Crippen LogP contribution in [-0.4, -0.2) is 76.7 Å². The highest BCUT2D eigenvalue weighted by molar-refractivity contribution is 6.35. The van der Waals surface area contributed by atoms with Gasteiger partial charge in [0, 0.05) is 66.5 Å². The van der Waals surface area contributed by atoms with Gasteiger partial charge in [0.1, 0.15) is 30.8 Å². The number of piperazine rings is 1. The Morgan fingerprint density at radius 2 is 1.67 bits per heavy atom. The molecule has 274 valence electrons. The van der Waals surface area contributed by atoms with Gasteiger partial charge in [-0.1, -0.05) is 36.2 Å². The number of benzene rings is 3. The third-order valence-electron chi connectivity index (χ3n) is 9.86. The first-order valence-corrected chi connectivity index (χ1v) is 18.3. The molecule has 0 aliphatic carbocycles. The largest absolute Gasteiger partial charge is 0.494 e. The van der Waals surface area contributed by atoms with E-state index >= 15 is 0 Å². The number of halogens is 2. The third-order valence-corrected chi connectivity index (χ3v) is 10.4. The van der Waals surface area contributed by atoms with Crippen LogP contribution in [-0.2, 0) is 21.8 Å². The summed E-state index contributed by atoms with van der Waals surface area (Å²) in [6.07, 6.45) is 5.64. The van der Waals surface area contributed by atoms with E-state index in [9.17, 15) is 4.79 Å². The monoisotopic (exact) mass is 747 g/mol. The maximum atomic E-state index is 13.1. The van der Waals surface area contributed by atoms with Crippen molar-refractivity contribution in [1.82, 2.24) is 24.1 Å². The Morgan fingerprint density at radius 3 is 2.37 bits per heavy atom. The second-order valence-electron chi connectivity index (χ2n) is 13.2. The van der Waals surface area contributed by atoms with Gasteiger partial charge in [0.2, 0.25) is 5.79 Å². The molecule has 0 radical (unpaired) electrons. The van der Waals surface area contributed by atoms with Gasteiger partial charge in [0.15, 0.2) is 0 Å². The Labute approximate surface area is 313 Å². The van der Waals surface area contributed by atoms with Crippen LogP contribution in [0.1, 0.15) is 37.6 Å². The van der Waals surface area contributed by atoms with E-state index in [0.29, 0.717) is 21.4 Å². The fourth-order valence-corrected chi connectivity index (χ4v) is 7.52. The van der Waals surface area contributed by atoms with Crippen LogP contribution in [0, 0.1) is 6.92 Å². The predicted molar refractivity (Wildman–Crippen MR) is 202 cm³/mol. The first-order valence-electron chi connectivity index (χ1n) is 17.5. The third kappa shape index (κ3) is 7.25. The first-order chi connectivity index (χ1) is 25.2. The van der Waals surface area contributed by atoms with Gasteiger partial charge in [-0.05, 0) is 68.8 Å². The zero-order chi connectivity index (χ0) is 36.4. The minimum absolute atomic E-state index is 0.000180. The van der Waals surface area contributed by atoms with E-state index in [0.717, 1.165) is 61.1 Å². The molecular formula is C38H43Cl2N7O5. The fraction of sp³-hybridized carbons (Fsp3) is 0.395. The molecule has 4 heterocycles. The minimum atomic E-state index is -1.21. The molecule has 0 saturated carbocycles. The Hall–Kier alpha value is -4.49. The van der Waals surface area contributed by atoms with Crippen LogP contribution in [0.25, 0.3) is 5.69 Å². The number of hydrogen-bond donors (Lipinski definition) is 0. The Bertz CT molecular complexity index is 2040. The average molecular weight is 749 g/mol. The SMILES string of the molecule is CCC(C)n1c(C)cn(-c2ccc(N3CCN(c4ccc(OCC5COC(Cn6nccn6)(c6ccc(Cl)cc6Cl)O5)cc4OC)CC3)cc2)c1=O. The summed E-state index contributed by atoms with van der Waals surface area (Å²) in [6, 6.07) is 19.5. The summed E-state index contributed by atoms with van der Waals surface area (Å²) in [6.45, 7) is 10.2. The predicted octanol–water partition coefficient (Wildman–Crippen LogP) is 6.50. The van der Waals surface area contributed by atoms with Crippen LogP contribution in [0.15, 0.2) is 84.0 Å². The lowest BCUT2D eigenvalue weighted by Crippen LogP contribution is -2.46. The van der Waals surface area contributed by atoms with E-state index in [1.165, 1.54) is 4.80 Å². The summed E-state index contributed by atoms with van der Waals surface area (Å²) in [5, 5.41) is 9.43. The Morgan fingerprint density at radius 1 is 0.962 bits per heavy atom. The maximum absolute atomic E-state index is 13.1. The van der Waals surface area contributed by atoms with Gasteiger partial charge >= 0.3 is 5.69 Å². The van der Waals surface area contributed by atoms with Crippen molar-refractivity contribution in [3.63, 3.8) is 0 Å². The van der Waals surface area contributed by atoms with E-state index in [2.05, 4.69) is 46.0 Å². The molecular weight excluding hydrogens is 705 g/mol. The quantitative estimate of drug-likeness (QED) is 0.142. The molecule has 2 aromatic heterocycles. The summed E-state index contributed by atoms with van der Waals surface area (Å²) >= 11 is 12.8. The number of hydrogen-bond acceptors (Lipinski definition) is 9. The summed E-state index contributed by atoms with van der Waals surface area (Å²) in [4.78, 5) is 19.3. The fourth-order valence-electron chi connectivity index (χ4n) is 6.97. The van der Waals surface area contributed by atoms with Crippen molar-refractivity contribution >= 4 is 34.6 Å². The maximum Gasteiger partial charge on any atom is 0.333 e. The molecule has 0 bridgehead atoms. The summed E-state index contributed by atoms with van der Waals surface area (Å²) in [5.41, 5.74) is 4.62. The molecule has 14 heteroatoms. The second-order valence-corrected chi connectivity index (χ2v) is 14.0. The van der Waals surface area contributed by atoms with Crippen molar-refractivity contribution in [2.24, 2.45) is 0 Å². The number of anilines is 2. The van der Waals surface area contributed by atoms with E-state index < -0.39 is 5.79 Å². The molecule has 0 amide bonds. The molecule has 12 nitrogen and oxygen atoms in total. The number of aromatic nitrogens is 5. The van der Waals surface area contributed by atoms with Gasteiger partial charge in [0.05, 0.1) is 42.5 Å². The highest BCUT2D eigenvalue weighted by Crippen LogP contribution is 2.41. The van der Waals surface area contributed by atoms with E-state index in [4.69, 9.17) is 42.1 Å². The highest BCUT2D eigenvalue weighted by atomic mass is 35.5. The lowest BCUT2D eigenvalue weighted by atomic mass is 10.1. The van der Waals surface area contributed by atoms with E-state index in [1.807, 2.05) is 48.0 Å². The van der Waals surface area contributed by atoms with Crippen molar-refractivity contribution in [2.75, 3.05) is 56.3 Å². The van der Waals surface area contributed by atoms with Crippen LogP contribution in [0.4, 0.5) is 11.4 Å². The highest BCUT2D eigenvalue weighted by Gasteiger charge is 2.46. The van der Waals surface area contributed by atoms with Crippen molar-refractivity contribution in [3.05, 3.63) is 111 Å². The second kappa shape index (κ2) is 15.2. The number of ether oxygens (including phenoxy) is 4. The van der Waals surface area contributed by atoms with Gasteiger partial charge in [-0.2, -0.15) is 15.0 Å². The number of imidazole rings is 1. The number of aryl methyl sites for hydroxylation is 1. The molecule has 0 N–H and O–H groups in total.